The standard InChI is InChI=1S/C15H16N2O6/c1-4-17(12-7-5-6-8-16-12)11(15(21)23-3)9-10(13(18)19)14(20)22-2/h1,5-8,10-11H,9H2,2-3H3,(H,18,19)/t10?,11-/m0/s1. The van der Waals surface area contributed by atoms with Crippen molar-refractivity contribution in [2.75, 3.05) is 19.1 Å². The predicted molar refractivity (Wildman–Crippen MR) is 79.1 cm³/mol. The lowest BCUT2D eigenvalue weighted by Crippen LogP contribution is -2.43. The molecular formula is C15H16N2O6. The third-order valence-electron chi connectivity index (χ3n) is 3.06. The van der Waals surface area contributed by atoms with Crippen molar-refractivity contribution >= 4 is 23.7 Å². The number of carbonyl (C=O) groups excluding carboxylic acids is 2. The molecule has 1 N–H and O–H groups in total. The van der Waals surface area contributed by atoms with E-state index < -0.39 is 36.3 Å². The molecule has 0 fully saturated rings. The van der Waals surface area contributed by atoms with Gasteiger partial charge in [0, 0.05) is 18.7 Å². The molecule has 1 heterocycles. The van der Waals surface area contributed by atoms with Crippen molar-refractivity contribution in [3.05, 3.63) is 24.4 Å². The molecule has 1 aromatic rings. The molecule has 0 saturated heterocycles. The van der Waals surface area contributed by atoms with Crippen LogP contribution in [0.2, 0.25) is 0 Å². The van der Waals surface area contributed by atoms with Crippen molar-refractivity contribution in [3.8, 4) is 12.5 Å². The molecule has 1 aromatic heterocycles. The van der Waals surface area contributed by atoms with E-state index in [-0.39, 0.29) is 5.82 Å². The summed E-state index contributed by atoms with van der Waals surface area (Å²) in [6, 6.07) is 5.90. The van der Waals surface area contributed by atoms with Gasteiger partial charge in [-0.15, -0.1) is 0 Å². The Morgan fingerprint density at radius 2 is 1.96 bits per heavy atom. The second kappa shape index (κ2) is 8.38. The molecule has 0 aromatic carbocycles. The number of aromatic nitrogens is 1. The average Bonchev–Trinajstić information content (AvgIpc) is 2.57. The molecule has 122 valence electrons. The molecule has 0 amide bonds. The van der Waals surface area contributed by atoms with E-state index in [1.807, 2.05) is 0 Å². The van der Waals surface area contributed by atoms with E-state index in [1.165, 1.54) is 6.20 Å². The van der Waals surface area contributed by atoms with E-state index in [4.69, 9.17) is 11.5 Å². The zero-order valence-electron chi connectivity index (χ0n) is 12.6. The number of pyridine rings is 1. The number of rotatable bonds is 7. The quantitative estimate of drug-likeness (QED) is 0.330. The van der Waals surface area contributed by atoms with Crippen LogP contribution < -0.4 is 4.90 Å². The zero-order valence-corrected chi connectivity index (χ0v) is 12.6. The van der Waals surface area contributed by atoms with Crippen LogP contribution in [0.4, 0.5) is 5.82 Å². The Kier molecular flexibility index (Phi) is 6.55. The molecule has 0 radical (unpaired) electrons. The molecule has 8 heteroatoms. The van der Waals surface area contributed by atoms with Gasteiger partial charge in [-0.25, -0.2) is 9.78 Å². The fourth-order valence-corrected chi connectivity index (χ4v) is 1.92. The molecule has 2 atom stereocenters. The third kappa shape index (κ3) is 4.44. The second-order valence-electron chi connectivity index (χ2n) is 4.38. The van der Waals surface area contributed by atoms with Gasteiger partial charge in [0.25, 0.3) is 0 Å². The number of nitrogens with zero attached hydrogens (tertiary/aromatic N) is 2. The lowest BCUT2D eigenvalue weighted by Gasteiger charge is -2.26. The van der Waals surface area contributed by atoms with Crippen LogP contribution in [0.25, 0.3) is 0 Å². The van der Waals surface area contributed by atoms with Gasteiger partial charge in [-0.05, 0) is 12.1 Å². The van der Waals surface area contributed by atoms with Gasteiger partial charge in [0.15, 0.2) is 5.92 Å². The number of hydrogen-bond acceptors (Lipinski definition) is 7. The summed E-state index contributed by atoms with van der Waals surface area (Å²) < 4.78 is 9.11. The van der Waals surface area contributed by atoms with Crippen LogP contribution in [0.15, 0.2) is 24.4 Å². The zero-order chi connectivity index (χ0) is 17.4. The molecule has 0 spiro atoms. The monoisotopic (exact) mass is 320 g/mol. The lowest BCUT2D eigenvalue weighted by molar-refractivity contribution is -0.157. The normalized spacial score (nSPS) is 12.4. The number of carboxylic acid groups (broad SMARTS) is 1. The minimum atomic E-state index is -1.57. The Morgan fingerprint density at radius 3 is 2.39 bits per heavy atom. The number of anilines is 1. The van der Waals surface area contributed by atoms with E-state index in [0.717, 1.165) is 19.1 Å². The number of hydrogen-bond donors (Lipinski definition) is 1. The van der Waals surface area contributed by atoms with Gasteiger partial charge in [0.2, 0.25) is 0 Å². The Balaban J connectivity index is 3.18. The topological polar surface area (TPSA) is 106 Å². The molecule has 1 unspecified atom stereocenters. The molecule has 8 nitrogen and oxygen atoms in total. The van der Waals surface area contributed by atoms with Crippen molar-refractivity contribution in [2.45, 2.75) is 12.5 Å². The highest BCUT2D eigenvalue weighted by Gasteiger charge is 2.37. The minimum Gasteiger partial charge on any atom is -0.481 e. The van der Waals surface area contributed by atoms with Gasteiger partial charge in [0.05, 0.1) is 14.2 Å². The maximum Gasteiger partial charge on any atom is 0.329 e. The fourth-order valence-electron chi connectivity index (χ4n) is 1.92. The van der Waals surface area contributed by atoms with Gasteiger partial charge in [0.1, 0.15) is 11.9 Å². The van der Waals surface area contributed by atoms with Crippen molar-refractivity contribution < 1.29 is 29.0 Å². The average molecular weight is 320 g/mol. The maximum atomic E-state index is 12.0. The van der Waals surface area contributed by atoms with Crippen molar-refractivity contribution in [2.24, 2.45) is 5.92 Å². The summed E-state index contributed by atoms with van der Waals surface area (Å²) in [7, 11) is 2.19. The largest absolute Gasteiger partial charge is 0.481 e. The van der Waals surface area contributed by atoms with E-state index in [1.54, 1.807) is 18.2 Å². The van der Waals surface area contributed by atoms with E-state index in [0.29, 0.717) is 0 Å². The fraction of sp³-hybridized carbons (Fsp3) is 0.333. The van der Waals surface area contributed by atoms with Crippen molar-refractivity contribution in [1.29, 1.82) is 0 Å². The van der Waals surface area contributed by atoms with Crippen LogP contribution in [-0.2, 0) is 23.9 Å². The first-order valence-electron chi connectivity index (χ1n) is 6.51. The second-order valence-corrected chi connectivity index (χ2v) is 4.38. The van der Waals surface area contributed by atoms with Crippen molar-refractivity contribution in [1.82, 2.24) is 4.98 Å². The van der Waals surface area contributed by atoms with Crippen LogP contribution in [0.1, 0.15) is 6.42 Å². The summed E-state index contributed by atoms with van der Waals surface area (Å²) in [5.41, 5.74) is 0. The summed E-state index contributed by atoms with van der Waals surface area (Å²) in [6.07, 6.45) is 6.46. The Labute approximate surface area is 133 Å². The van der Waals surface area contributed by atoms with Gasteiger partial charge in [-0.3, -0.25) is 14.5 Å². The Morgan fingerprint density at radius 1 is 1.30 bits per heavy atom. The minimum absolute atomic E-state index is 0.249. The summed E-state index contributed by atoms with van der Waals surface area (Å²) in [4.78, 5) is 40.0. The number of carboxylic acids is 1. The van der Waals surface area contributed by atoms with E-state index in [9.17, 15) is 14.4 Å². The smallest absolute Gasteiger partial charge is 0.329 e. The maximum absolute atomic E-state index is 12.0. The van der Waals surface area contributed by atoms with Crippen molar-refractivity contribution in [3.63, 3.8) is 0 Å². The van der Waals surface area contributed by atoms with E-state index in [2.05, 4.69) is 20.5 Å². The first-order chi connectivity index (χ1) is 11.0. The van der Waals surface area contributed by atoms with Gasteiger partial charge >= 0.3 is 17.9 Å². The molecule has 0 aliphatic carbocycles. The van der Waals surface area contributed by atoms with E-state index >= 15 is 0 Å². The van der Waals surface area contributed by atoms with Crippen LogP contribution in [-0.4, -0.2) is 48.3 Å². The number of carbonyl (C=O) groups is 3. The Hall–Kier alpha value is -3.08. The van der Waals surface area contributed by atoms with Crippen LogP contribution in [0, 0.1) is 18.4 Å². The third-order valence-corrected chi connectivity index (χ3v) is 3.06. The summed E-state index contributed by atoms with van der Waals surface area (Å²) in [5, 5.41) is 9.16. The summed E-state index contributed by atoms with van der Waals surface area (Å²) in [5.74, 6) is -4.51. The van der Waals surface area contributed by atoms with Gasteiger partial charge in [-0.1, -0.05) is 12.5 Å². The molecule has 23 heavy (non-hydrogen) atoms. The SMILES string of the molecule is C#CN(c1ccccn1)[C@@H](CC(C(=O)O)C(=O)OC)C(=O)OC. The van der Waals surface area contributed by atoms with Crippen LogP contribution >= 0.6 is 0 Å². The number of terminal acetylenes is 1. The lowest BCUT2D eigenvalue weighted by atomic mass is 9.99. The molecule has 1 rings (SSSR count). The number of esters is 2. The van der Waals surface area contributed by atoms with Crippen LogP contribution in [0.3, 0.4) is 0 Å². The number of ether oxygens (including phenoxy) is 2. The van der Waals surface area contributed by atoms with Gasteiger partial charge < -0.3 is 14.6 Å². The molecule has 0 aliphatic rings. The number of aliphatic carboxylic acids is 1. The summed E-state index contributed by atoms with van der Waals surface area (Å²) >= 11 is 0. The highest BCUT2D eigenvalue weighted by molar-refractivity contribution is 5.95. The molecular weight excluding hydrogens is 304 g/mol. The molecule has 0 saturated carbocycles. The highest BCUT2D eigenvalue weighted by Crippen LogP contribution is 2.20. The molecule has 0 bridgehead atoms. The molecule has 0 aliphatic heterocycles. The Bertz CT molecular complexity index is 610. The summed E-state index contributed by atoms with van der Waals surface area (Å²) in [6.45, 7) is 0. The van der Waals surface area contributed by atoms with Crippen LogP contribution in [0.5, 0.6) is 0 Å². The highest BCUT2D eigenvalue weighted by atomic mass is 16.5. The van der Waals surface area contributed by atoms with Gasteiger partial charge in [-0.2, -0.15) is 0 Å². The first kappa shape index (κ1) is 18.0. The predicted octanol–water partition coefficient (Wildman–Crippen LogP) is 0.284. The number of methoxy groups -OCH3 is 2. The first-order valence-corrected chi connectivity index (χ1v) is 6.51.